The third-order valence-corrected chi connectivity index (χ3v) is 6.05. The molecule has 3 nitrogen and oxygen atoms in total. The lowest BCUT2D eigenvalue weighted by Gasteiger charge is -2.27. The second-order valence-electron chi connectivity index (χ2n) is 6.75. The molecule has 0 fully saturated rings. The highest BCUT2D eigenvalue weighted by Gasteiger charge is 2.37. The number of ketones is 1. The topological polar surface area (TPSA) is 64.7 Å². The summed E-state index contributed by atoms with van der Waals surface area (Å²) in [5.74, 6) is -1.57. The minimum absolute atomic E-state index is 0.0828. The molecule has 3 rings (SSSR count). The highest BCUT2D eigenvalue weighted by molar-refractivity contribution is 8.00. The zero-order valence-electron chi connectivity index (χ0n) is 16.0. The molecule has 0 saturated carbocycles. The average molecular weight is 397 g/mol. The van der Waals surface area contributed by atoms with Crippen molar-refractivity contribution in [3.05, 3.63) is 102 Å². The fourth-order valence-electron chi connectivity index (χ4n) is 3.23. The molecule has 0 unspecified atom stereocenters. The number of hydrogen-bond donors (Lipinski definition) is 0. The van der Waals surface area contributed by atoms with Crippen molar-refractivity contribution in [2.45, 2.75) is 23.0 Å². The first-order chi connectivity index (χ1) is 14.1. The quantitative estimate of drug-likeness (QED) is 0.375. The molecule has 0 aromatic heterocycles. The number of rotatable bonds is 7. The van der Waals surface area contributed by atoms with Gasteiger partial charge in [0.25, 0.3) is 0 Å². The van der Waals surface area contributed by atoms with Crippen molar-refractivity contribution in [1.29, 1.82) is 10.5 Å². The molecule has 3 aromatic rings. The Kier molecular flexibility index (Phi) is 6.85. The van der Waals surface area contributed by atoms with Crippen molar-refractivity contribution >= 4 is 17.5 Å². The van der Waals surface area contributed by atoms with E-state index in [0.717, 1.165) is 16.0 Å². The Hall–Kier alpha value is -3.34. The fourth-order valence-corrected chi connectivity index (χ4v) is 4.52. The lowest BCUT2D eigenvalue weighted by Crippen LogP contribution is -2.30. The van der Waals surface area contributed by atoms with Gasteiger partial charge in [-0.05, 0) is 24.6 Å². The van der Waals surface area contributed by atoms with E-state index >= 15 is 0 Å². The molecular weight excluding hydrogens is 376 g/mol. The molecule has 3 aromatic carbocycles. The standard InChI is InChI=1S/C25H20N2OS/c1-18-12-14-22(15-13-18)29-25(24(28)20-10-6-3-7-11-20)23(21(16-26)17-27)19-8-4-2-5-9-19/h2-15,21,23,25H,1H3/t23-,25-/m0/s1. The summed E-state index contributed by atoms with van der Waals surface area (Å²) in [6.45, 7) is 2.01. The molecule has 0 aliphatic heterocycles. The van der Waals surface area contributed by atoms with Gasteiger partial charge in [-0.3, -0.25) is 4.79 Å². The molecule has 0 bridgehead atoms. The van der Waals surface area contributed by atoms with Crippen LogP contribution in [-0.2, 0) is 0 Å². The molecule has 29 heavy (non-hydrogen) atoms. The third-order valence-electron chi connectivity index (χ3n) is 4.75. The number of hydrogen-bond acceptors (Lipinski definition) is 4. The highest BCUT2D eigenvalue weighted by Crippen LogP contribution is 2.40. The van der Waals surface area contributed by atoms with Gasteiger partial charge in [-0.1, -0.05) is 78.4 Å². The lowest BCUT2D eigenvalue weighted by atomic mass is 9.82. The minimum atomic E-state index is -0.937. The van der Waals surface area contributed by atoms with Crippen LogP contribution >= 0.6 is 11.8 Å². The largest absolute Gasteiger partial charge is 0.293 e. The summed E-state index contributed by atoms with van der Waals surface area (Å²) in [5.41, 5.74) is 2.52. The molecule has 0 heterocycles. The summed E-state index contributed by atoms with van der Waals surface area (Å²) in [4.78, 5) is 14.5. The summed E-state index contributed by atoms with van der Waals surface area (Å²) in [6.07, 6.45) is 0. The molecule has 0 aliphatic carbocycles. The maximum Gasteiger partial charge on any atom is 0.176 e. The van der Waals surface area contributed by atoms with Gasteiger partial charge in [-0.25, -0.2) is 0 Å². The predicted molar refractivity (Wildman–Crippen MR) is 115 cm³/mol. The van der Waals surface area contributed by atoms with Crippen molar-refractivity contribution in [2.24, 2.45) is 5.92 Å². The summed E-state index contributed by atoms with van der Waals surface area (Å²) >= 11 is 1.41. The van der Waals surface area contributed by atoms with E-state index in [1.54, 1.807) is 12.1 Å². The van der Waals surface area contributed by atoms with Gasteiger partial charge in [0.1, 0.15) is 5.92 Å². The molecule has 2 atom stereocenters. The van der Waals surface area contributed by atoms with Gasteiger partial charge in [-0.2, -0.15) is 10.5 Å². The Balaban J connectivity index is 2.10. The maximum atomic E-state index is 13.5. The van der Waals surface area contributed by atoms with Crippen LogP contribution in [0.3, 0.4) is 0 Å². The highest BCUT2D eigenvalue weighted by atomic mass is 32.2. The number of benzene rings is 3. The monoisotopic (exact) mass is 396 g/mol. The summed E-state index contributed by atoms with van der Waals surface area (Å²) in [7, 11) is 0. The van der Waals surface area contributed by atoms with E-state index in [4.69, 9.17) is 0 Å². The number of carbonyl (C=O) groups is 1. The van der Waals surface area contributed by atoms with Crippen LogP contribution in [0, 0.1) is 35.5 Å². The fraction of sp³-hybridized carbons (Fsp3) is 0.160. The van der Waals surface area contributed by atoms with Gasteiger partial charge in [0, 0.05) is 16.4 Å². The molecule has 0 aliphatic rings. The van der Waals surface area contributed by atoms with Crippen LogP contribution in [0.1, 0.15) is 27.4 Å². The van der Waals surface area contributed by atoms with E-state index in [1.165, 1.54) is 11.8 Å². The predicted octanol–water partition coefficient (Wildman–Crippen LogP) is 5.79. The average Bonchev–Trinajstić information content (AvgIpc) is 2.78. The maximum absolute atomic E-state index is 13.5. The van der Waals surface area contributed by atoms with Crippen molar-refractivity contribution in [1.82, 2.24) is 0 Å². The van der Waals surface area contributed by atoms with E-state index in [2.05, 4.69) is 12.1 Å². The van der Waals surface area contributed by atoms with Crippen LogP contribution in [0.15, 0.2) is 89.8 Å². The van der Waals surface area contributed by atoms with Gasteiger partial charge in [-0.15, -0.1) is 11.8 Å². The Morgan fingerprint density at radius 2 is 1.38 bits per heavy atom. The molecule has 4 heteroatoms. The van der Waals surface area contributed by atoms with Crippen molar-refractivity contribution in [3.8, 4) is 12.1 Å². The number of nitriles is 2. The Labute approximate surface area is 175 Å². The Morgan fingerprint density at radius 3 is 1.93 bits per heavy atom. The number of aryl methyl sites for hydroxylation is 1. The van der Waals surface area contributed by atoms with Crippen molar-refractivity contribution in [2.75, 3.05) is 0 Å². The van der Waals surface area contributed by atoms with Crippen molar-refractivity contribution in [3.63, 3.8) is 0 Å². The second-order valence-corrected chi connectivity index (χ2v) is 7.97. The summed E-state index contributed by atoms with van der Waals surface area (Å²) in [6, 6.07) is 30.6. The first-order valence-corrected chi connectivity index (χ1v) is 10.2. The van der Waals surface area contributed by atoms with Gasteiger partial charge in [0.15, 0.2) is 5.78 Å². The smallest absolute Gasteiger partial charge is 0.176 e. The molecule has 0 N–H and O–H groups in total. The zero-order chi connectivity index (χ0) is 20.6. The van der Waals surface area contributed by atoms with Gasteiger partial charge in [0.2, 0.25) is 0 Å². The van der Waals surface area contributed by atoms with Crippen LogP contribution in [0.25, 0.3) is 0 Å². The van der Waals surface area contributed by atoms with Crippen molar-refractivity contribution < 1.29 is 4.79 Å². The number of thioether (sulfide) groups is 1. The molecular formula is C25H20N2OS. The second kappa shape index (κ2) is 9.73. The SMILES string of the molecule is Cc1ccc(S[C@H](C(=O)c2ccccc2)[C@@H](c2ccccc2)C(C#N)C#N)cc1. The molecule has 0 saturated heterocycles. The Morgan fingerprint density at radius 1 is 0.828 bits per heavy atom. The van der Waals surface area contributed by atoms with Crippen LogP contribution in [0.5, 0.6) is 0 Å². The minimum Gasteiger partial charge on any atom is -0.293 e. The van der Waals surface area contributed by atoms with Crippen LogP contribution in [0.4, 0.5) is 0 Å². The van der Waals surface area contributed by atoms with E-state index in [-0.39, 0.29) is 5.78 Å². The first kappa shape index (κ1) is 20.4. The van der Waals surface area contributed by atoms with E-state index < -0.39 is 17.1 Å². The molecule has 0 spiro atoms. The van der Waals surface area contributed by atoms with E-state index in [0.29, 0.717) is 5.56 Å². The molecule has 0 amide bonds. The van der Waals surface area contributed by atoms with Gasteiger partial charge < -0.3 is 0 Å². The number of nitrogens with zero attached hydrogens (tertiary/aromatic N) is 2. The Bertz CT molecular complexity index is 1020. The van der Waals surface area contributed by atoms with Crippen LogP contribution in [-0.4, -0.2) is 11.0 Å². The zero-order valence-corrected chi connectivity index (χ0v) is 16.8. The van der Waals surface area contributed by atoms with Crippen LogP contribution < -0.4 is 0 Å². The van der Waals surface area contributed by atoms with Crippen LogP contribution in [0.2, 0.25) is 0 Å². The summed E-state index contributed by atoms with van der Waals surface area (Å²) < 4.78 is 0. The van der Waals surface area contributed by atoms with E-state index in [1.807, 2.05) is 79.7 Å². The van der Waals surface area contributed by atoms with Gasteiger partial charge >= 0.3 is 0 Å². The summed E-state index contributed by atoms with van der Waals surface area (Å²) in [5, 5.41) is 18.7. The molecule has 142 valence electrons. The third kappa shape index (κ3) is 4.93. The first-order valence-electron chi connectivity index (χ1n) is 9.31. The molecule has 0 radical (unpaired) electrons. The van der Waals surface area contributed by atoms with E-state index in [9.17, 15) is 15.3 Å². The van der Waals surface area contributed by atoms with Gasteiger partial charge in [0.05, 0.1) is 17.4 Å². The normalized spacial score (nSPS) is 12.6. The lowest BCUT2D eigenvalue weighted by molar-refractivity contribution is 0.0978. The number of carbonyl (C=O) groups excluding carboxylic acids is 1. The number of Topliss-reactive ketones (excluding diaryl/α,β-unsaturated/α-hetero) is 1.